The summed E-state index contributed by atoms with van der Waals surface area (Å²) in [6.07, 6.45) is 6.30. The van der Waals surface area contributed by atoms with Crippen molar-refractivity contribution in [3.63, 3.8) is 0 Å². The fraction of sp³-hybridized carbons (Fsp3) is 0.933. The molecule has 16 heavy (non-hydrogen) atoms. The summed E-state index contributed by atoms with van der Waals surface area (Å²) in [5, 5.41) is 0. The highest BCUT2D eigenvalue weighted by atomic mass is 16.1. The minimum Gasteiger partial charge on any atom is -0.299 e. The summed E-state index contributed by atoms with van der Waals surface area (Å²) < 4.78 is 0. The first-order valence-corrected chi connectivity index (χ1v) is 6.88. The molecule has 1 nitrogen and oxygen atoms in total. The third-order valence-electron chi connectivity index (χ3n) is 6.35. The van der Waals surface area contributed by atoms with Gasteiger partial charge >= 0.3 is 0 Å². The second kappa shape index (κ2) is 2.73. The lowest BCUT2D eigenvalue weighted by atomic mass is 9.61. The van der Waals surface area contributed by atoms with Gasteiger partial charge in [-0.3, -0.25) is 4.79 Å². The first-order valence-electron chi connectivity index (χ1n) is 6.88. The van der Waals surface area contributed by atoms with E-state index in [1.165, 1.54) is 25.7 Å². The van der Waals surface area contributed by atoms with Gasteiger partial charge in [0.1, 0.15) is 5.78 Å². The van der Waals surface area contributed by atoms with Crippen molar-refractivity contribution in [3.8, 4) is 0 Å². The zero-order valence-corrected chi connectivity index (χ0v) is 11.1. The van der Waals surface area contributed by atoms with Crippen LogP contribution >= 0.6 is 0 Å². The number of ketones is 1. The molecule has 0 aliphatic heterocycles. The molecular weight excluding hydrogens is 196 g/mol. The Balaban J connectivity index is 2.06. The minimum absolute atomic E-state index is 0.0582. The van der Waals surface area contributed by atoms with E-state index in [0.717, 1.165) is 6.42 Å². The monoisotopic (exact) mass is 220 g/mol. The molecule has 3 aliphatic carbocycles. The third kappa shape index (κ3) is 0.926. The zero-order chi connectivity index (χ0) is 11.8. The summed E-state index contributed by atoms with van der Waals surface area (Å²) in [5.74, 6) is 1.89. The Bertz CT molecular complexity index is 352. The van der Waals surface area contributed by atoms with Crippen LogP contribution in [0.2, 0.25) is 0 Å². The van der Waals surface area contributed by atoms with Gasteiger partial charge in [-0.2, -0.15) is 0 Å². The van der Waals surface area contributed by atoms with Crippen LogP contribution in [0.5, 0.6) is 0 Å². The summed E-state index contributed by atoms with van der Waals surface area (Å²) in [5.41, 5.74) is 0.883. The lowest BCUT2D eigenvalue weighted by molar-refractivity contribution is -0.134. The van der Waals surface area contributed by atoms with Crippen LogP contribution in [0.1, 0.15) is 59.8 Å². The molecule has 1 heteroatoms. The average Bonchev–Trinajstić information content (AvgIpc) is 2.67. The van der Waals surface area contributed by atoms with Gasteiger partial charge in [0.25, 0.3) is 0 Å². The highest BCUT2D eigenvalue weighted by Crippen LogP contribution is 2.83. The van der Waals surface area contributed by atoms with Crippen LogP contribution in [0.4, 0.5) is 0 Å². The Hall–Kier alpha value is -0.330. The zero-order valence-electron chi connectivity index (χ0n) is 11.1. The third-order valence-corrected chi connectivity index (χ3v) is 6.35. The van der Waals surface area contributed by atoms with E-state index >= 15 is 0 Å². The average molecular weight is 220 g/mol. The maximum absolute atomic E-state index is 12.3. The maximum Gasteiger partial charge on any atom is 0.139 e. The molecule has 0 aromatic rings. The van der Waals surface area contributed by atoms with Crippen LogP contribution in [-0.2, 0) is 4.79 Å². The van der Waals surface area contributed by atoms with Gasteiger partial charge in [0.2, 0.25) is 0 Å². The Labute approximate surface area is 99.0 Å². The summed E-state index contributed by atoms with van der Waals surface area (Å²) in [7, 11) is 0. The largest absolute Gasteiger partial charge is 0.299 e. The van der Waals surface area contributed by atoms with Crippen molar-refractivity contribution in [3.05, 3.63) is 0 Å². The fourth-order valence-electron chi connectivity index (χ4n) is 5.86. The molecule has 3 saturated carbocycles. The number of hydrogen-bond acceptors (Lipinski definition) is 1. The molecule has 90 valence electrons. The van der Waals surface area contributed by atoms with E-state index in [4.69, 9.17) is 0 Å². The van der Waals surface area contributed by atoms with Gasteiger partial charge in [-0.1, -0.05) is 40.5 Å². The molecule has 3 aliphatic rings. The molecule has 0 radical (unpaired) electrons. The molecule has 3 fully saturated rings. The van der Waals surface area contributed by atoms with E-state index in [-0.39, 0.29) is 5.41 Å². The van der Waals surface area contributed by atoms with Crippen molar-refractivity contribution in [1.29, 1.82) is 0 Å². The van der Waals surface area contributed by atoms with Gasteiger partial charge in [0.15, 0.2) is 0 Å². The van der Waals surface area contributed by atoms with Gasteiger partial charge in [0.05, 0.1) is 0 Å². The van der Waals surface area contributed by atoms with Gasteiger partial charge in [-0.25, -0.2) is 0 Å². The Morgan fingerprint density at radius 3 is 2.50 bits per heavy atom. The number of hydrogen-bond donors (Lipinski definition) is 0. The van der Waals surface area contributed by atoms with E-state index < -0.39 is 0 Å². The van der Waals surface area contributed by atoms with Gasteiger partial charge in [-0.15, -0.1) is 0 Å². The van der Waals surface area contributed by atoms with Crippen LogP contribution in [0.15, 0.2) is 0 Å². The van der Waals surface area contributed by atoms with Crippen molar-refractivity contribution in [2.75, 3.05) is 0 Å². The standard InChI is InChI=1S/C15H24O/c1-13(2)11(16)9-10-7-5-6-8-15(10)12(13)14(15,3)4/h10,12H,5-9H2,1-4H3. The van der Waals surface area contributed by atoms with Crippen molar-refractivity contribution in [2.45, 2.75) is 59.8 Å². The summed E-state index contributed by atoms with van der Waals surface area (Å²) in [6.45, 7) is 9.22. The van der Waals surface area contributed by atoms with Gasteiger partial charge in [-0.05, 0) is 35.5 Å². The fourth-order valence-corrected chi connectivity index (χ4v) is 5.86. The topological polar surface area (TPSA) is 17.1 Å². The summed E-state index contributed by atoms with van der Waals surface area (Å²) in [6, 6.07) is 0. The molecule has 0 aromatic heterocycles. The Morgan fingerprint density at radius 2 is 1.81 bits per heavy atom. The predicted molar refractivity (Wildman–Crippen MR) is 65.1 cm³/mol. The van der Waals surface area contributed by atoms with Crippen LogP contribution in [-0.4, -0.2) is 5.78 Å². The number of carbonyl (C=O) groups is 1. The highest BCUT2D eigenvalue weighted by molar-refractivity contribution is 5.87. The number of carbonyl (C=O) groups excluding carboxylic acids is 1. The van der Waals surface area contributed by atoms with Crippen LogP contribution < -0.4 is 0 Å². The van der Waals surface area contributed by atoms with Crippen molar-refractivity contribution >= 4 is 5.78 Å². The van der Waals surface area contributed by atoms with Crippen LogP contribution in [0.25, 0.3) is 0 Å². The van der Waals surface area contributed by atoms with E-state index in [0.29, 0.717) is 28.4 Å². The molecule has 0 N–H and O–H groups in total. The smallest absolute Gasteiger partial charge is 0.139 e. The predicted octanol–water partition coefficient (Wildman–Crippen LogP) is 3.82. The van der Waals surface area contributed by atoms with E-state index in [1.807, 2.05) is 0 Å². The van der Waals surface area contributed by atoms with Crippen molar-refractivity contribution in [1.82, 2.24) is 0 Å². The van der Waals surface area contributed by atoms with Crippen molar-refractivity contribution in [2.24, 2.45) is 28.1 Å². The van der Waals surface area contributed by atoms with E-state index in [9.17, 15) is 4.79 Å². The van der Waals surface area contributed by atoms with Gasteiger partial charge in [0, 0.05) is 11.8 Å². The molecule has 0 amide bonds. The minimum atomic E-state index is -0.0582. The van der Waals surface area contributed by atoms with Crippen LogP contribution in [0, 0.1) is 28.1 Å². The summed E-state index contributed by atoms with van der Waals surface area (Å²) in [4.78, 5) is 12.3. The SMILES string of the molecule is CC1(C)C(=O)CC2CCCCC23C1C3(C)C. The maximum atomic E-state index is 12.3. The molecule has 0 bridgehead atoms. The summed E-state index contributed by atoms with van der Waals surface area (Å²) >= 11 is 0. The van der Waals surface area contributed by atoms with E-state index in [2.05, 4.69) is 27.7 Å². The molecule has 0 aromatic carbocycles. The van der Waals surface area contributed by atoms with E-state index in [1.54, 1.807) is 0 Å². The second-order valence-electron chi connectivity index (χ2n) is 7.49. The molecule has 3 atom stereocenters. The normalized spacial score (nSPS) is 48.1. The lowest BCUT2D eigenvalue weighted by Crippen LogP contribution is -2.40. The highest BCUT2D eigenvalue weighted by Gasteiger charge is 2.79. The lowest BCUT2D eigenvalue weighted by Gasteiger charge is -2.42. The molecule has 1 spiro atoms. The quantitative estimate of drug-likeness (QED) is 0.606. The second-order valence-corrected chi connectivity index (χ2v) is 7.49. The van der Waals surface area contributed by atoms with Crippen molar-refractivity contribution < 1.29 is 4.79 Å². The first kappa shape index (κ1) is 10.8. The molecular formula is C15H24O. The number of rotatable bonds is 0. The molecule has 3 rings (SSSR count). The van der Waals surface area contributed by atoms with Gasteiger partial charge < -0.3 is 0 Å². The Morgan fingerprint density at radius 1 is 1.12 bits per heavy atom. The van der Waals surface area contributed by atoms with Crippen LogP contribution in [0.3, 0.4) is 0 Å². The number of Topliss-reactive ketones (excluding diaryl/α,β-unsaturated/α-hetero) is 1. The Kier molecular flexibility index (Phi) is 1.85. The molecule has 0 heterocycles. The molecule has 3 unspecified atom stereocenters. The first-order chi connectivity index (χ1) is 7.35. The molecule has 0 saturated heterocycles.